The second-order valence-electron chi connectivity index (χ2n) is 6.62. The molecule has 5 nitrogen and oxygen atoms in total. The first-order chi connectivity index (χ1) is 9.27. The van der Waals surface area contributed by atoms with Crippen LogP contribution < -0.4 is 16.2 Å². The van der Waals surface area contributed by atoms with Gasteiger partial charge < -0.3 is 10.7 Å². The molecule has 0 saturated carbocycles. The highest BCUT2D eigenvalue weighted by Gasteiger charge is 2.36. The number of quaternary nitrogens is 1. The van der Waals surface area contributed by atoms with Gasteiger partial charge in [-0.25, -0.2) is 0 Å². The molecule has 0 aromatic carbocycles. The average molecular weight is 275 g/mol. The zero-order valence-electron chi connectivity index (χ0n) is 12.5. The van der Waals surface area contributed by atoms with Gasteiger partial charge in [-0.3, -0.25) is 15.2 Å². The lowest BCUT2D eigenvalue weighted by molar-refractivity contribution is -0.771. The molecule has 0 atom stereocenters. The van der Waals surface area contributed by atoms with Crippen LogP contribution in [-0.2, 0) is 0 Å². The second-order valence-corrected chi connectivity index (χ2v) is 6.62. The maximum Gasteiger partial charge on any atom is 0.269 e. The number of rotatable bonds is 3. The summed E-state index contributed by atoms with van der Waals surface area (Å²) in [6.07, 6.45) is 6.25. The van der Waals surface area contributed by atoms with Gasteiger partial charge in [-0.05, 0) is 45.9 Å². The third-order valence-electron chi connectivity index (χ3n) is 3.23. The monoisotopic (exact) mass is 275 g/mol. The molecule has 5 heteroatoms. The van der Waals surface area contributed by atoms with Crippen molar-refractivity contribution in [3.05, 3.63) is 41.9 Å². The van der Waals surface area contributed by atoms with Crippen LogP contribution in [0.25, 0.3) is 0 Å². The van der Waals surface area contributed by atoms with Crippen molar-refractivity contribution in [2.24, 2.45) is 0 Å². The van der Waals surface area contributed by atoms with Gasteiger partial charge in [0, 0.05) is 30.1 Å². The predicted molar refractivity (Wildman–Crippen MR) is 77.6 cm³/mol. The Morgan fingerprint density at radius 3 is 2.50 bits per heavy atom. The SMILES string of the molecule is CC1(C)C=C(NNC(=O)c2ccncc2)CC(C)(C)[NH2+]1. The number of hydrazine groups is 1. The molecule has 0 spiro atoms. The summed E-state index contributed by atoms with van der Waals surface area (Å²) in [6, 6.07) is 3.38. The Morgan fingerprint density at radius 2 is 1.90 bits per heavy atom. The van der Waals surface area contributed by atoms with Gasteiger partial charge >= 0.3 is 0 Å². The number of hydrogen-bond acceptors (Lipinski definition) is 3. The van der Waals surface area contributed by atoms with Gasteiger partial charge in [-0.1, -0.05) is 0 Å². The number of amides is 1. The predicted octanol–water partition coefficient (Wildman–Crippen LogP) is 0.724. The van der Waals surface area contributed by atoms with Crippen LogP contribution >= 0.6 is 0 Å². The highest BCUT2D eigenvalue weighted by atomic mass is 16.2. The molecular weight excluding hydrogens is 252 g/mol. The molecular formula is C15H23N4O+. The smallest absolute Gasteiger partial charge is 0.269 e. The standard InChI is InChI=1S/C15H22N4O/c1-14(2)9-12(10-15(3,4)19-14)17-18-13(20)11-5-7-16-8-6-11/h5-9,17,19H,10H2,1-4H3,(H,18,20)/p+1. The fraction of sp³-hybridized carbons (Fsp3) is 0.467. The average Bonchev–Trinajstić information content (AvgIpc) is 2.33. The van der Waals surface area contributed by atoms with Gasteiger partial charge in [0.05, 0.1) is 5.54 Å². The summed E-state index contributed by atoms with van der Waals surface area (Å²) >= 11 is 0. The quantitative estimate of drug-likeness (QED) is 0.712. The summed E-state index contributed by atoms with van der Waals surface area (Å²) in [4.78, 5) is 15.9. The van der Waals surface area contributed by atoms with Crippen LogP contribution in [0.1, 0.15) is 44.5 Å². The first kappa shape index (κ1) is 14.5. The molecule has 108 valence electrons. The molecule has 1 aromatic heterocycles. The number of nitrogens with one attached hydrogen (secondary N) is 2. The maximum atomic E-state index is 12.0. The number of carbonyl (C=O) groups excluding carboxylic acids is 1. The van der Waals surface area contributed by atoms with Crippen LogP contribution in [0.4, 0.5) is 0 Å². The molecule has 4 N–H and O–H groups in total. The van der Waals surface area contributed by atoms with E-state index < -0.39 is 0 Å². The van der Waals surface area contributed by atoms with Gasteiger partial charge in [0.2, 0.25) is 0 Å². The van der Waals surface area contributed by atoms with Gasteiger partial charge in [0.15, 0.2) is 0 Å². The van der Waals surface area contributed by atoms with E-state index in [4.69, 9.17) is 0 Å². The Balaban J connectivity index is 2.00. The minimum atomic E-state index is -0.154. The van der Waals surface area contributed by atoms with Crippen molar-refractivity contribution in [1.82, 2.24) is 15.8 Å². The molecule has 0 saturated heterocycles. The molecule has 0 fully saturated rings. The number of pyridine rings is 1. The highest BCUT2D eigenvalue weighted by molar-refractivity contribution is 5.93. The Labute approximate surface area is 119 Å². The zero-order valence-corrected chi connectivity index (χ0v) is 12.5. The third kappa shape index (κ3) is 3.81. The Bertz CT molecular complexity index is 520. The van der Waals surface area contributed by atoms with Crippen molar-refractivity contribution in [1.29, 1.82) is 0 Å². The van der Waals surface area contributed by atoms with Crippen LogP contribution in [0.15, 0.2) is 36.3 Å². The van der Waals surface area contributed by atoms with Crippen LogP contribution in [0, 0.1) is 0 Å². The van der Waals surface area contributed by atoms with Crippen molar-refractivity contribution < 1.29 is 10.1 Å². The van der Waals surface area contributed by atoms with Gasteiger partial charge in [-0.2, -0.15) is 0 Å². The van der Waals surface area contributed by atoms with E-state index in [0.717, 1.165) is 12.1 Å². The van der Waals surface area contributed by atoms with Crippen LogP contribution in [0.3, 0.4) is 0 Å². The molecule has 20 heavy (non-hydrogen) atoms. The van der Waals surface area contributed by atoms with E-state index in [-0.39, 0.29) is 17.0 Å². The Kier molecular flexibility index (Phi) is 3.81. The van der Waals surface area contributed by atoms with E-state index in [1.807, 2.05) is 0 Å². The highest BCUT2D eigenvalue weighted by Crippen LogP contribution is 2.18. The molecule has 1 aliphatic rings. The molecule has 2 rings (SSSR count). The van der Waals surface area contributed by atoms with E-state index in [9.17, 15) is 4.79 Å². The first-order valence-electron chi connectivity index (χ1n) is 6.83. The number of nitrogens with two attached hydrogens (primary N) is 1. The number of aromatic nitrogens is 1. The summed E-state index contributed by atoms with van der Waals surface area (Å²) < 4.78 is 0. The van der Waals surface area contributed by atoms with E-state index >= 15 is 0 Å². The normalized spacial score (nSPS) is 19.9. The molecule has 1 aromatic rings. The Morgan fingerprint density at radius 1 is 1.25 bits per heavy atom. The van der Waals surface area contributed by atoms with E-state index in [1.54, 1.807) is 24.5 Å². The summed E-state index contributed by atoms with van der Waals surface area (Å²) in [5.74, 6) is -0.154. The second kappa shape index (κ2) is 5.25. The van der Waals surface area contributed by atoms with Crippen molar-refractivity contribution in [2.75, 3.05) is 0 Å². The summed E-state index contributed by atoms with van der Waals surface area (Å²) in [6.45, 7) is 8.74. The third-order valence-corrected chi connectivity index (χ3v) is 3.23. The van der Waals surface area contributed by atoms with Crippen molar-refractivity contribution >= 4 is 5.91 Å². The topological polar surface area (TPSA) is 70.6 Å². The van der Waals surface area contributed by atoms with Gasteiger partial charge in [-0.15, -0.1) is 0 Å². The first-order valence-corrected chi connectivity index (χ1v) is 6.83. The Hall–Kier alpha value is -1.88. The lowest BCUT2D eigenvalue weighted by atomic mass is 9.86. The van der Waals surface area contributed by atoms with Gasteiger partial charge in [0.1, 0.15) is 5.54 Å². The van der Waals surface area contributed by atoms with Crippen LogP contribution in [0.5, 0.6) is 0 Å². The number of carbonyl (C=O) groups is 1. The summed E-state index contributed by atoms with van der Waals surface area (Å²) in [7, 11) is 0. The number of hydrogen-bond donors (Lipinski definition) is 3. The summed E-state index contributed by atoms with van der Waals surface area (Å²) in [5, 5.41) is 2.34. The van der Waals surface area contributed by atoms with Crippen LogP contribution in [0.2, 0.25) is 0 Å². The lowest BCUT2D eigenvalue weighted by Gasteiger charge is -2.37. The lowest BCUT2D eigenvalue weighted by Crippen LogP contribution is -3.04. The zero-order chi connectivity index (χ0) is 14.8. The molecule has 1 aliphatic heterocycles. The fourth-order valence-electron chi connectivity index (χ4n) is 2.88. The van der Waals surface area contributed by atoms with Crippen molar-refractivity contribution in [3.63, 3.8) is 0 Å². The number of nitrogens with zero attached hydrogens (tertiary/aromatic N) is 1. The molecule has 0 aliphatic carbocycles. The maximum absolute atomic E-state index is 12.0. The largest absolute Gasteiger partial charge is 0.334 e. The van der Waals surface area contributed by atoms with Crippen molar-refractivity contribution in [3.8, 4) is 0 Å². The summed E-state index contributed by atoms with van der Waals surface area (Å²) in [5.41, 5.74) is 7.57. The van der Waals surface area contributed by atoms with Crippen LogP contribution in [-0.4, -0.2) is 22.0 Å². The fourth-order valence-corrected chi connectivity index (χ4v) is 2.88. The molecule has 2 heterocycles. The minimum absolute atomic E-state index is 0.0193. The van der Waals surface area contributed by atoms with E-state index in [0.29, 0.717) is 5.56 Å². The van der Waals surface area contributed by atoms with Gasteiger partial charge in [0.25, 0.3) is 5.91 Å². The molecule has 0 unspecified atom stereocenters. The minimum Gasteiger partial charge on any atom is -0.334 e. The molecule has 0 bridgehead atoms. The van der Waals surface area contributed by atoms with E-state index in [2.05, 4.69) is 54.9 Å². The molecule has 1 amide bonds. The van der Waals surface area contributed by atoms with Crippen molar-refractivity contribution in [2.45, 2.75) is 45.2 Å². The molecule has 0 radical (unpaired) electrons. The van der Waals surface area contributed by atoms with E-state index in [1.165, 1.54) is 0 Å².